The Hall–Kier alpha value is -0.720. The maximum absolute atomic E-state index is 14.2. The lowest BCUT2D eigenvalue weighted by atomic mass is 9.88. The summed E-state index contributed by atoms with van der Waals surface area (Å²) < 4.78 is 93.4. The van der Waals surface area contributed by atoms with E-state index in [1.165, 1.54) is 20.8 Å². The van der Waals surface area contributed by atoms with Gasteiger partial charge in [-0.3, -0.25) is 0 Å². The van der Waals surface area contributed by atoms with E-state index < -0.39 is 57.9 Å². The van der Waals surface area contributed by atoms with Crippen molar-refractivity contribution in [3.63, 3.8) is 0 Å². The molecule has 0 saturated carbocycles. The van der Waals surface area contributed by atoms with Gasteiger partial charge in [-0.05, 0) is 48.8 Å². The summed E-state index contributed by atoms with van der Waals surface area (Å²) in [6.07, 6.45) is -13.8. The molecule has 0 bridgehead atoms. The number of hydrogen-bond acceptors (Lipinski definition) is 3. The van der Waals surface area contributed by atoms with Gasteiger partial charge in [0.05, 0.1) is 15.7 Å². The van der Waals surface area contributed by atoms with Gasteiger partial charge in [-0.15, -0.1) is 0 Å². The van der Waals surface area contributed by atoms with Crippen LogP contribution in [0.5, 0.6) is 0 Å². The first-order valence-electron chi connectivity index (χ1n) is 7.16. The van der Waals surface area contributed by atoms with E-state index in [9.17, 15) is 35.7 Å². The van der Waals surface area contributed by atoms with Gasteiger partial charge in [0.25, 0.3) is 6.43 Å². The molecule has 0 spiro atoms. The molecule has 0 aromatic carbocycles. The normalized spacial score (nSPS) is 17.8. The predicted octanol–water partition coefficient (Wildman–Crippen LogP) is 3.81. The SMILES string of the molecule is CC(C)(C)S(=O)N[C@@](C[C@@H](O)C(F)(F)F)(c1nc(Br)ccc1F)C(F)F. The molecule has 0 saturated heterocycles. The molecule has 0 aliphatic carbocycles. The van der Waals surface area contributed by atoms with Crippen LogP contribution in [0.4, 0.5) is 26.3 Å². The molecular weight excluding hydrogens is 454 g/mol. The summed E-state index contributed by atoms with van der Waals surface area (Å²) in [5.41, 5.74) is -4.22. The summed E-state index contributed by atoms with van der Waals surface area (Å²) in [5, 5.41) is 9.35. The van der Waals surface area contributed by atoms with Gasteiger partial charge in [-0.25, -0.2) is 27.1 Å². The van der Waals surface area contributed by atoms with Crippen LogP contribution >= 0.6 is 15.9 Å². The highest BCUT2D eigenvalue weighted by Gasteiger charge is 2.53. The van der Waals surface area contributed by atoms with E-state index in [-0.39, 0.29) is 4.60 Å². The second kappa shape index (κ2) is 8.11. The molecule has 1 heterocycles. The summed E-state index contributed by atoms with van der Waals surface area (Å²) in [5.74, 6) is -1.33. The molecule has 0 aliphatic rings. The predicted molar refractivity (Wildman–Crippen MR) is 87.3 cm³/mol. The summed E-state index contributed by atoms with van der Waals surface area (Å²) in [4.78, 5) is 3.52. The van der Waals surface area contributed by atoms with Crippen LogP contribution in [-0.4, -0.2) is 37.8 Å². The Morgan fingerprint density at radius 2 is 1.81 bits per heavy atom. The summed E-state index contributed by atoms with van der Waals surface area (Å²) in [6.45, 7) is 4.16. The molecule has 1 aromatic rings. The number of aliphatic hydroxyl groups is 1. The monoisotopic (exact) mass is 470 g/mol. The zero-order chi connectivity index (χ0) is 20.5. The fourth-order valence-corrected chi connectivity index (χ4v) is 3.11. The Morgan fingerprint density at radius 3 is 2.23 bits per heavy atom. The minimum atomic E-state index is -5.24. The number of rotatable bonds is 6. The molecule has 2 N–H and O–H groups in total. The van der Waals surface area contributed by atoms with E-state index in [2.05, 4.69) is 20.9 Å². The standard InChI is InChI=1S/C14H17BrF6N2O2S/c1-12(2,3)26(25)23-13(11(17)18,6-8(24)14(19,20)21)10-7(16)4-5-9(15)22-10/h4-5,8,11,23-24H,6H2,1-3H3/t8-,13+,26?/m1/s1. The molecule has 1 aromatic heterocycles. The van der Waals surface area contributed by atoms with E-state index >= 15 is 0 Å². The number of hydrogen-bond donors (Lipinski definition) is 2. The quantitative estimate of drug-likeness (QED) is 0.490. The Labute approximate surface area is 157 Å². The van der Waals surface area contributed by atoms with E-state index in [1.807, 2.05) is 4.72 Å². The molecule has 3 atom stereocenters. The third-order valence-corrected chi connectivity index (χ3v) is 5.43. The van der Waals surface area contributed by atoms with E-state index in [0.29, 0.717) is 0 Å². The van der Waals surface area contributed by atoms with Crippen molar-refractivity contribution in [2.75, 3.05) is 0 Å². The number of alkyl halides is 5. The smallest absolute Gasteiger partial charge is 0.384 e. The van der Waals surface area contributed by atoms with Gasteiger partial charge in [-0.2, -0.15) is 13.2 Å². The summed E-state index contributed by atoms with van der Waals surface area (Å²) in [6, 6.07) is 1.79. The van der Waals surface area contributed by atoms with E-state index in [1.54, 1.807) is 0 Å². The van der Waals surface area contributed by atoms with Crippen molar-refractivity contribution in [1.82, 2.24) is 9.71 Å². The number of nitrogens with one attached hydrogen (secondary N) is 1. The Morgan fingerprint density at radius 1 is 1.27 bits per heavy atom. The van der Waals surface area contributed by atoms with Crippen molar-refractivity contribution in [3.8, 4) is 0 Å². The maximum Gasteiger partial charge on any atom is 0.414 e. The summed E-state index contributed by atoms with van der Waals surface area (Å²) >= 11 is 2.84. The molecule has 150 valence electrons. The van der Waals surface area contributed by atoms with Gasteiger partial charge in [0.1, 0.15) is 21.7 Å². The number of nitrogens with zero attached hydrogens (tertiary/aromatic N) is 1. The first-order chi connectivity index (χ1) is 11.6. The lowest BCUT2D eigenvalue weighted by Crippen LogP contribution is -2.56. The number of aliphatic hydroxyl groups excluding tert-OH is 1. The van der Waals surface area contributed by atoms with E-state index in [4.69, 9.17) is 0 Å². The molecule has 4 nitrogen and oxygen atoms in total. The van der Waals surface area contributed by atoms with Gasteiger partial charge in [0.2, 0.25) is 0 Å². The van der Waals surface area contributed by atoms with Crippen LogP contribution in [0.1, 0.15) is 32.9 Å². The van der Waals surface area contributed by atoms with Crippen LogP contribution in [0, 0.1) is 5.82 Å². The van der Waals surface area contributed by atoms with Crippen LogP contribution in [0.25, 0.3) is 0 Å². The van der Waals surface area contributed by atoms with Gasteiger partial charge in [0.15, 0.2) is 6.10 Å². The van der Waals surface area contributed by atoms with Crippen molar-refractivity contribution < 1.29 is 35.7 Å². The summed E-state index contributed by atoms with van der Waals surface area (Å²) in [7, 11) is -2.32. The Balaban J connectivity index is 3.60. The van der Waals surface area contributed by atoms with Crippen LogP contribution < -0.4 is 4.72 Å². The molecule has 1 unspecified atom stereocenters. The van der Waals surface area contributed by atoms with Crippen molar-refractivity contribution in [1.29, 1.82) is 0 Å². The molecule has 0 radical (unpaired) electrons. The first kappa shape index (κ1) is 23.3. The average molecular weight is 471 g/mol. The van der Waals surface area contributed by atoms with Crippen LogP contribution in [-0.2, 0) is 16.5 Å². The molecule has 1 rings (SSSR count). The molecule has 0 amide bonds. The first-order valence-corrected chi connectivity index (χ1v) is 9.10. The van der Waals surface area contributed by atoms with Crippen molar-refractivity contribution >= 4 is 26.9 Å². The van der Waals surface area contributed by atoms with Crippen molar-refractivity contribution in [2.45, 2.75) is 56.2 Å². The lowest BCUT2D eigenvalue weighted by Gasteiger charge is -2.37. The Bertz CT molecular complexity index is 668. The zero-order valence-electron chi connectivity index (χ0n) is 13.9. The number of pyridine rings is 1. The fraction of sp³-hybridized carbons (Fsp3) is 0.643. The fourth-order valence-electron chi connectivity index (χ4n) is 1.89. The van der Waals surface area contributed by atoms with Crippen molar-refractivity contribution in [3.05, 3.63) is 28.2 Å². The number of halogens is 7. The highest BCUT2D eigenvalue weighted by atomic mass is 79.9. The largest absolute Gasteiger partial charge is 0.414 e. The van der Waals surface area contributed by atoms with E-state index in [0.717, 1.165) is 12.1 Å². The average Bonchev–Trinajstić information content (AvgIpc) is 2.46. The molecule has 12 heteroatoms. The third kappa shape index (κ3) is 5.40. The minimum Gasteiger partial charge on any atom is -0.384 e. The molecular formula is C14H17BrF6N2O2S. The molecule has 26 heavy (non-hydrogen) atoms. The minimum absolute atomic E-state index is 0.122. The second-order valence-corrected chi connectivity index (χ2v) is 9.26. The van der Waals surface area contributed by atoms with Gasteiger partial charge < -0.3 is 5.11 Å². The maximum atomic E-state index is 14.2. The van der Waals surface area contributed by atoms with Gasteiger partial charge in [0, 0.05) is 6.42 Å². The Kier molecular flexibility index (Phi) is 7.27. The van der Waals surface area contributed by atoms with Crippen LogP contribution in [0.15, 0.2) is 16.7 Å². The highest BCUT2D eigenvalue weighted by molar-refractivity contribution is 9.10. The molecule has 0 fully saturated rings. The molecule has 0 aliphatic heterocycles. The van der Waals surface area contributed by atoms with Crippen LogP contribution in [0.2, 0.25) is 0 Å². The third-order valence-electron chi connectivity index (χ3n) is 3.33. The van der Waals surface area contributed by atoms with Gasteiger partial charge >= 0.3 is 6.18 Å². The zero-order valence-corrected chi connectivity index (χ0v) is 16.3. The highest BCUT2D eigenvalue weighted by Crippen LogP contribution is 2.39. The van der Waals surface area contributed by atoms with Crippen LogP contribution in [0.3, 0.4) is 0 Å². The number of aromatic nitrogens is 1. The topological polar surface area (TPSA) is 62.2 Å². The lowest BCUT2D eigenvalue weighted by molar-refractivity contribution is -0.214. The second-order valence-electron chi connectivity index (χ2n) is 6.48. The van der Waals surface area contributed by atoms with Gasteiger partial charge in [-0.1, -0.05) is 0 Å². The van der Waals surface area contributed by atoms with Crippen molar-refractivity contribution in [2.24, 2.45) is 0 Å².